The first-order valence-electron chi connectivity index (χ1n) is 8.07. The van der Waals surface area contributed by atoms with Crippen molar-refractivity contribution in [2.75, 3.05) is 6.54 Å². The molecule has 0 bridgehead atoms. The molecule has 1 N–H and O–H groups in total. The van der Waals surface area contributed by atoms with Gasteiger partial charge in [-0.2, -0.15) is 4.98 Å². The number of benzene rings is 1. The number of aryl methyl sites for hydroxylation is 1. The lowest BCUT2D eigenvalue weighted by Gasteiger charge is -2.04. The summed E-state index contributed by atoms with van der Waals surface area (Å²) in [7, 11) is -3.50. The molecule has 27 heavy (non-hydrogen) atoms. The highest BCUT2D eigenvalue weighted by Crippen LogP contribution is 2.22. The first kappa shape index (κ1) is 18.2. The highest BCUT2D eigenvalue weighted by molar-refractivity contribution is 7.91. The molecule has 3 aromatic heterocycles. The van der Waals surface area contributed by atoms with Gasteiger partial charge in [-0.25, -0.2) is 22.0 Å². The van der Waals surface area contributed by atoms with E-state index in [4.69, 9.17) is 0 Å². The Bertz CT molecular complexity index is 1210. The fraction of sp³-hybridized carbons (Fsp3) is 0.176. The third-order valence-corrected chi connectivity index (χ3v) is 7.70. The molecule has 0 aliphatic rings. The van der Waals surface area contributed by atoms with Gasteiger partial charge in [0, 0.05) is 28.8 Å². The molecule has 3 heterocycles. The van der Waals surface area contributed by atoms with E-state index in [0.717, 1.165) is 10.6 Å². The van der Waals surface area contributed by atoms with Crippen LogP contribution in [-0.4, -0.2) is 29.6 Å². The van der Waals surface area contributed by atoms with Gasteiger partial charge in [0.1, 0.15) is 10.0 Å². The Hall–Kier alpha value is -2.14. The number of nitrogens with one attached hydrogen (secondary N) is 1. The predicted octanol–water partition coefficient (Wildman–Crippen LogP) is 3.49. The summed E-state index contributed by atoms with van der Waals surface area (Å²) in [6.07, 6.45) is 0.468. The zero-order valence-electron chi connectivity index (χ0n) is 14.2. The van der Waals surface area contributed by atoms with Gasteiger partial charge in [-0.1, -0.05) is 12.1 Å². The molecule has 1 aromatic carbocycles. The van der Waals surface area contributed by atoms with Crippen molar-refractivity contribution in [1.29, 1.82) is 0 Å². The number of nitrogens with zero attached hydrogens (tertiary/aromatic N) is 3. The average Bonchev–Trinajstić information content (AvgIpc) is 3.31. The van der Waals surface area contributed by atoms with Crippen LogP contribution in [0.2, 0.25) is 0 Å². The topological polar surface area (TPSA) is 76.4 Å². The minimum atomic E-state index is -3.50. The quantitative estimate of drug-likeness (QED) is 0.516. The van der Waals surface area contributed by atoms with Crippen LogP contribution >= 0.6 is 22.7 Å². The highest BCUT2D eigenvalue weighted by atomic mass is 32.2. The SMILES string of the molecule is Cc1ccc(S(=O)(=O)NCCc2csc3nc(-c4cccc(F)c4)nn23)s1. The Morgan fingerprint density at radius 2 is 2.11 bits per heavy atom. The van der Waals surface area contributed by atoms with Crippen LogP contribution in [-0.2, 0) is 16.4 Å². The molecule has 0 aliphatic heterocycles. The molecule has 0 saturated heterocycles. The van der Waals surface area contributed by atoms with E-state index >= 15 is 0 Å². The van der Waals surface area contributed by atoms with Gasteiger partial charge in [0.2, 0.25) is 15.0 Å². The predicted molar refractivity (Wildman–Crippen MR) is 104 cm³/mol. The number of fused-ring (bicyclic) bond motifs is 1. The summed E-state index contributed by atoms with van der Waals surface area (Å²) < 4.78 is 42.6. The van der Waals surface area contributed by atoms with Crippen LogP contribution in [0.5, 0.6) is 0 Å². The van der Waals surface area contributed by atoms with Crippen molar-refractivity contribution >= 4 is 37.7 Å². The number of rotatable bonds is 6. The fourth-order valence-corrected chi connectivity index (χ4v) is 5.80. The molecule has 140 valence electrons. The molecule has 0 fully saturated rings. The van der Waals surface area contributed by atoms with Crippen LogP contribution < -0.4 is 4.72 Å². The number of aromatic nitrogens is 3. The molecular weight excluding hydrogens is 407 g/mol. The van der Waals surface area contributed by atoms with E-state index < -0.39 is 10.0 Å². The van der Waals surface area contributed by atoms with Crippen LogP contribution in [0.3, 0.4) is 0 Å². The van der Waals surface area contributed by atoms with Crippen molar-refractivity contribution in [3.63, 3.8) is 0 Å². The molecule has 0 aliphatic carbocycles. The Labute approximate surface area is 163 Å². The monoisotopic (exact) mass is 422 g/mol. The van der Waals surface area contributed by atoms with Gasteiger partial charge in [0.15, 0.2) is 5.82 Å². The molecule has 4 rings (SSSR count). The lowest BCUT2D eigenvalue weighted by molar-refractivity contribution is 0.583. The molecule has 0 atom stereocenters. The normalized spacial score (nSPS) is 12.1. The lowest BCUT2D eigenvalue weighted by Crippen LogP contribution is -2.25. The van der Waals surface area contributed by atoms with E-state index in [2.05, 4.69) is 14.8 Å². The minimum Gasteiger partial charge on any atom is -0.210 e. The summed E-state index contributed by atoms with van der Waals surface area (Å²) in [5, 5.41) is 6.33. The Balaban J connectivity index is 1.50. The number of halogens is 1. The van der Waals surface area contributed by atoms with Crippen molar-refractivity contribution < 1.29 is 12.8 Å². The van der Waals surface area contributed by atoms with Crippen LogP contribution in [0, 0.1) is 12.7 Å². The standard InChI is InChI=1S/C17H15FN4O2S3/c1-11-5-6-15(26-11)27(23,24)19-8-7-14-10-25-17-20-16(21-22(14)17)12-3-2-4-13(18)9-12/h2-6,9-10,19H,7-8H2,1H3. The largest absolute Gasteiger partial charge is 0.250 e. The van der Waals surface area contributed by atoms with Gasteiger partial charge in [-0.15, -0.1) is 27.8 Å². The van der Waals surface area contributed by atoms with Gasteiger partial charge in [-0.3, -0.25) is 0 Å². The van der Waals surface area contributed by atoms with Gasteiger partial charge >= 0.3 is 0 Å². The van der Waals surface area contributed by atoms with E-state index in [1.807, 2.05) is 12.3 Å². The van der Waals surface area contributed by atoms with Gasteiger partial charge < -0.3 is 0 Å². The second-order valence-electron chi connectivity index (χ2n) is 5.88. The average molecular weight is 423 g/mol. The van der Waals surface area contributed by atoms with Gasteiger partial charge in [-0.05, 0) is 31.2 Å². The Morgan fingerprint density at radius 1 is 1.26 bits per heavy atom. The highest BCUT2D eigenvalue weighted by Gasteiger charge is 2.17. The van der Waals surface area contributed by atoms with Crippen LogP contribution in [0.15, 0.2) is 46.0 Å². The van der Waals surface area contributed by atoms with Crippen molar-refractivity contribution in [3.8, 4) is 11.4 Å². The van der Waals surface area contributed by atoms with Crippen molar-refractivity contribution in [3.05, 3.63) is 58.2 Å². The summed E-state index contributed by atoms with van der Waals surface area (Å²) in [6, 6.07) is 9.50. The van der Waals surface area contributed by atoms with Crippen molar-refractivity contribution in [2.45, 2.75) is 17.6 Å². The number of thiophene rings is 1. The Morgan fingerprint density at radius 3 is 2.85 bits per heavy atom. The molecule has 0 radical (unpaired) electrons. The van der Waals surface area contributed by atoms with Gasteiger partial charge in [0.25, 0.3) is 0 Å². The van der Waals surface area contributed by atoms with Crippen LogP contribution in [0.25, 0.3) is 16.3 Å². The maximum Gasteiger partial charge on any atom is 0.250 e. The van der Waals surface area contributed by atoms with Gasteiger partial charge in [0.05, 0.1) is 5.69 Å². The first-order chi connectivity index (χ1) is 12.9. The van der Waals surface area contributed by atoms with E-state index in [1.54, 1.807) is 28.8 Å². The molecule has 0 amide bonds. The summed E-state index contributed by atoms with van der Waals surface area (Å²) in [6.45, 7) is 2.12. The Kier molecular flexibility index (Phi) is 4.81. The minimum absolute atomic E-state index is 0.250. The van der Waals surface area contributed by atoms with Crippen molar-refractivity contribution in [1.82, 2.24) is 19.3 Å². The molecular formula is C17H15FN4O2S3. The second-order valence-corrected chi connectivity index (χ2v) is 10.00. The van der Waals surface area contributed by atoms with E-state index in [9.17, 15) is 12.8 Å². The second kappa shape index (κ2) is 7.12. The smallest absolute Gasteiger partial charge is 0.210 e. The summed E-state index contributed by atoms with van der Waals surface area (Å²) in [5.74, 6) is 0.0985. The van der Waals surface area contributed by atoms with Crippen LogP contribution in [0.4, 0.5) is 4.39 Å². The summed E-state index contributed by atoms with van der Waals surface area (Å²) >= 11 is 2.65. The fourth-order valence-electron chi connectivity index (χ4n) is 2.59. The lowest BCUT2D eigenvalue weighted by atomic mass is 10.2. The maximum absolute atomic E-state index is 13.4. The van der Waals surface area contributed by atoms with E-state index in [-0.39, 0.29) is 12.4 Å². The third kappa shape index (κ3) is 3.79. The first-order valence-corrected chi connectivity index (χ1v) is 11.3. The zero-order valence-corrected chi connectivity index (χ0v) is 16.7. The molecule has 10 heteroatoms. The number of hydrogen-bond donors (Lipinski definition) is 1. The summed E-state index contributed by atoms with van der Waals surface area (Å²) in [4.78, 5) is 6.05. The molecule has 0 spiro atoms. The van der Waals surface area contributed by atoms with Crippen LogP contribution in [0.1, 0.15) is 10.6 Å². The number of sulfonamides is 1. The maximum atomic E-state index is 13.4. The molecule has 6 nitrogen and oxygen atoms in total. The number of thiazole rings is 1. The summed E-state index contributed by atoms with van der Waals surface area (Å²) in [5.41, 5.74) is 1.45. The zero-order chi connectivity index (χ0) is 19.0. The molecule has 0 saturated carbocycles. The van der Waals surface area contributed by atoms with Crippen molar-refractivity contribution in [2.24, 2.45) is 0 Å². The molecule has 4 aromatic rings. The number of hydrogen-bond acceptors (Lipinski definition) is 6. The van der Waals surface area contributed by atoms with E-state index in [0.29, 0.717) is 27.0 Å². The molecule has 0 unspecified atom stereocenters. The van der Waals surface area contributed by atoms with E-state index in [1.165, 1.54) is 34.8 Å². The third-order valence-electron chi connectivity index (χ3n) is 3.89.